The molecule has 5 nitrogen and oxygen atoms in total. The van der Waals surface area contributed by atoms with Crippen molar-refractivity contribution in [2.75, 3.05) is 12.8 Å². The van der Waals surface area contributed by atoms with Crippen LogP contribution >= 0.6 is 11.8 Å². The fourth-order valence-electron chi connectivity index (χ4n) is 2.04. The van der Waals surface area contributed by atoms with E-state index in [-0.39, 0.29) is 12.1 Å². The minimum absolute atomic E-state index is 0.255. The Balaban J connectivity index is 0.000000396. The fourth-order valence-corrected chi connectivity index (χ4v) is 3.36. The Hall–Kier alpha value is -0.590. The van der Waals surface area contributed by atoms with E-state index in [0.29, 0.717) is 11.2 Å². The van der Waals surface area contributed by atoms with Gasteiger partial charge in [0.15, 0.2) is 0 Å². The first kappa shape index (κ1) is 19.4. The maximum Gasteiger partial charge on any atom is 0.320 e. The Morgan fingerprint density at radius 3 is 2.50 bits per heavy atom. The summed E-state index contributed by atoms with van der Waals surface area (Å²) in [5, 5.41) is 12.1. The number of carboxylic acid groups (broad SMARTS) is 1. The highest BCUT2D eigenvalue weighted by atomic mass is 32.2. The zero-order valence-electron chi connectivity index (χ0n) is 12.7. The monoisotopic (exact) mass is 304 g/mol. The van der Waals surface area contributed by atoms with Gasteiger partial charge in [0.2, 0.25) is 0 Å². The molecule has 3 unspecified atom stereocenters. The summed E-state index contributed by atoms with van der Waals surface area (Å²) in [6.45, 7) is 4.09. The first-order valence-corrected chi connectivity index (χ1v) is 8.18. The Bertz CT molecular complexity index is 282. The molecule has 0 aromatic heterocycles. The van der Waals surface area contributed by atoms with Crippen molar-refractivity contribution in [3.8, 4) is 0 Å². The van der Waals surface area contributed by atoms with Gasteiger partial charge in [0, 0.05) is 5.25 Å². The van der Waals surface area contributed by atoms with Gasteiger partial charge in [0.25, 0.3) is 0 Å². The molecule has 1 heterocycles. The quantitative estimate of drug-likeness (QED) is 0.617. The number of thioether (sulfide) groups is 1. The van der Waals surface area contributed by atoms with E-state index in [1.165, 1.54) is 18.6 Å². The summed E-state index contributed by atoms with van der Waals surface area (Å²) in [6, 6.07) is -0.615. The normalized spacial score (nSPS) is 20.9. The SMILES string of the molecule is CC(C)CC(N)C=O.CNC(CC1CCCS1)C(=O)O. The third-order valence-electron chi connectivity index (χ3n) is 3.09. The van der Waals surface area contributed by atoms with Crippen LogP contribution in [-0.4, -0.2) is 47.5 Å². The molecule has 20 heavy (non-hydrogen) atoms. The molecule has 0 aromatic rings. The summed E-state index contributed by atoms with van der Waals surface area (Å²) < 4.78 is 0. The fraction of sp³-hybridized carbons (Fsp3) is 0.857. The van der Waals surface area contributed by atoms with Crippen LogP contribution < -0.4 is 11.1 Å². The van der Waals surface area contributed by atoms with Gasteiger partial charge in [0.1, 0.15) is 12.3 Å². The molecule has 0 bridgehead atoms. The Morgan fingerprint density at radius 1 is 1.55 bits per heavy atom. The van der Waals surface area contributed by atoms with E-state index >= 15 is 0 Å². The lowest BCUT2D eigenvalue weighted by Crippen LogP contribution is -2.35. The number of nitrogens with one attached hydrogen (secondary N) is 1. The summed E-state index contributed by atoms with van der Waals surface area (Å²) in [4.78, 5) is 20.6. The predicted octanol–water partition coefficient (Wildman–Crippen LogP) is 1.50. The molecule has 6 heteroatoms. The van der Waals surface area contributed by atoms with Crippen LogP contribution in [0, 0.1) is 5.92 Å². The summed E-state index contributed by atoms with van der Waals surface area (Å²) in [6.07, 6.45) is 4.77. The van der Waals surface area contributed by atoms with Crippen molar-refractivity contribution >= 4 is 24.0 Å². The summed E-state index contributed by atoms with van der Waals surface area (Å²) >= 11 is 1.90. The van der Waals surface area contributed by atoms with Crippen molar-refractivity contribution < 1.29 is 14.7 Å². The second kappa shape index (κ2) is 11.1. The molecule has 3 atom stereocenters. The molecule has 118 valence electrons. The average molecular weight is 304 g/mol. The van der Waals surface area contributed by atoms with E-state index in [0.717, 1.165) is 19.1 Å². The van der Waals surface area contributed by atoms with Crippen molar-refractivity contribution in [2.24, 2.45) is 11.7 Å². The highest BCUT2D eigenvalue weighted by molar-refractivity contribution is 8.00. The third-order valence-corrected chi connectivity index (χ3v) is 4.51. The number of likely N-dealkylation sites (N-methyl/N-ethyl adjacent to an activating group) is 1. The molecule has 1 saturated heterocycles. The first-order valence-electron chi connectivity index (χ1n) is 7.13. The van der Waals surface area contributed by atoms with E-state index in [2.05, 4.69) is 5.32 Å². The molecule has 0 spiro atoms. The molecule has 0 saturated carbocycles. The van der Waals surface area contributed by atoms with Gasteiger partial charge in [-0.2, -0.15) is 11.8 Å². The number of carbonyl (C=O) groups excluding carboxylic acids is 1. The average Bonchev–Trinajstić information content (AvgIpc) is 2.88. The molecule has 4 N–H and O–H groups in total. The van der Waals surface area contributed by atoms with E-state index in [1.807, 2.05) is 25.6 Å². The minimum atomic E-state index is -0.731. The largest absolute Gasteiger partial charge is 0.480 e. The smallest absolute Gasteiger partial charge is 0.320 e. The highest BCUT2D eigenvalue weighted by Gasteiger charge is 2.23. The van der Waals surface area contributed by atoms with Gasteiger partial charge in [-0.05, 0) is 44.4 Å². The molecule has 1 aliphatic heterocycles. The molecule has 0 amide bonds. The Labute approximate surface area is 126 Å². The van der Waals surface area contributed by atoms with Crippen LogP contribution in [0.3, 0.4) is 0 Å². The van der Waals surface area contributed by atoms with Gasteiger partial charge in [0.05, 0.1) is 6.04 Å². The number of hydrogen-bond donors (Lipinski definition) is 3. The zero-order chi connectivity index (χ0) is 15.5. The van der Waals surface area contributed by atoms with Crippen molar-refractivity contribution in [3.63, 3.8) is 0 Å². The number of aldehydes is 1. The standard InChI is InChI=1S/C8H15NO2S.C6H13NO/c1-9-7(8(10)11)5-6-3-2-4-12-6;1-5(2)3-6(7)4-8/h6-7,9H,2-5H2,1H3,(H,10,11);4-6H,3,7H2,1-2H3. The van der Waals surface area contributed by atoms with E-state index < -0.39 is 5.97 Å². The minimum Gasteiger partial charge on any atom is -0.480 e. The van der Waals surface area contributed by atoms with Crippen LogP contribution in [0.25, 0.3) is 0 Å². The lowest BCUT2D eigenvalue weighted by atomic mass is 10.1. The van der Waals surface area contributed by atoms with Crippen LogP contribution in [0.2, 0.25) is 0 Å². The number of carbonyl (C=O) groups is 2. The van der Waals surface area contributed by atoms with Crippen LogP contribution in [0.5, 0.6) is 0 Å². The second-order valence-electron chi connectivity index (χ2n) is 5.48. The van der Waals surface area contributed by atoms with Crippen LogP contribution in [0.4, 0.5) is 0 Å². The molecular formula is C14H28N2O3S. The van der Waals surface area contributed by atoms with Crippen molar-refractivity contribution in [3.05, 3.63) is 0 Å². The second-order valence-corrected chi connectivity index (χ2v) is 6.89. The van der Waals surface area contributed by atoms with Crippen molar-refractivity contribution in [2.45, 2.75) is 56.9 Å². The molecule has 0 radical (unpaired) electrons. The molecule has 1 fully saturated rings. The van der Waals surface area contributed by atoms with Gasteiger partial charge in [-0.25, -0.2) is 0 Å². The van der Waals surface area contributed by atoms with E-state index in [1.54, 1.807) is 7.05 Å². The first-order chi connectivity index (χ1) is 9.40. The molecular weight excluding hydrogens is 276 g/mol. The van der Waals surface area contributed by atoms with Crippen molar-refractivity contribution in [1.29, 1.82) is 0 Å². The number of hydrogen-bond acceptors (Lipinski definition) is 5. The van der Waals surface area contributed by atoms with Gasteiger partial charge in [-0.1, -0.05) is 13.8 Å². The van der Waals surface area contributed by atoms with Gasteiger partial charge >= 0.3 is 5.97 Å². The Morgan fingerprint density at radius 2 is 2.20 bits per heavy atom. The van der Waals surface area contributed by atoms with Crippen molar-refractivity contribution in [1.82, 2.24) is 5.32 Å². The maximum atomic E-state index is 10.6. The van der Waals surface area contributed by atoms with Crippen LogP contribution in [-0.2, 0) is 9.59 Å². The van der Waals surface area contributed by atoms with E-state index in [9.17, 15) is 9.59 Å². The van der Waals surface area contributed by atoms with Crippen LogP contribution in [0.15, 0.2) is 0 Å². The molecule has 1 rings (SSSR count). The lowest BCUT2D eigenvalue weighted by Gasteiger charge is -2.14. The summed E-state index contributed by atoms with van der Waals surface area (Å²) in [5.41, 5.74) is 5.31. The number of rotatable bonds is 7. The van der Waals surface area contributed by atoms with E-state index in [4.69, 9.17) is 10.8 Å². The number of nitrogens with two attached hydrogens (primary N) is 1. The van der Waals surface area contributed by atoms with Gasteiger partial charge < -0.3 is 21.0 Å². The molecule has 0 aliphatic carbocycles. The third kappa shape index (κ3) is 9.34. The van der Waals surface area contributed by atoms with Gasteiger partial charge in [-0.3, -0.25) is 4.79 Å². The number of aliphatic carboxylic acids is 1. The zero-order valence-corrected chi connectivity index (χ0v) is 13.5. The summed E-state index contributed by atoms with van der Waals surface area (Å²) in [5.74, 6) is 0.987. The van der Waals surface area contributed by atoms with Crippen LogP contribution in [0.1, 0.15) is 39.5 Å². The number of carboxylic acids is 1. The van der Waals surface area contributed by atoms with Gasteiger partial charge in [-0.15, -0.1) is 0 Å². The summed E-state index contributed by atoms with van der Waals surface area (Å²) in [7, 11) is 1.71. The highest BCUT2D eigenvalue weighted by Crippen LogP contribution is 2.29. The molecule has 1 aliphatic rings. The maximum absolute atomic E-state index is 10.6. The predicted molar refractivity (Wildman–Crippen MR) is 84.1 cm³/mol. The lowest BCUT2D eigenvalue weighted by molar-refractivity contribution is -0.139. The molecule has 0 aromatic carbocycles. The topological polar surface area (TPSA) is 92.4 Å². The Kier molecular flexibility index (Phi) is 10.8.